The molecule has 0 spiro atoms. The summed E-state index contributed by atoms with van der Waals surface area (Å²) in [6.07, 6.45) is 0. The second kappa shape index (κ2) is 11.0. The smallest absolute Gasteiger partial charge is 0.179 e. The highest BCUT2D eigenvalue weighted by atomic mass is 35.5. The van der Waals surface area contributed by atoms with Gasteiger partial charge in [-0.25, -0.2) is 14.7 Å². The van der Waals surface area contributed by atoms with Crippen LogP contribution >= 0.6 is 23.2 Å². The molecule has 5 aromatic rings. The van der Waals surface area contributed by atoms with Crippen LogP contribution in [0.4, 0.5) is 22.9 Å². The minimum atomic E-state index is -0.363. The van der Waals surface area contributed by atoms with Crippen LogP contribution in [0.3, 0.4) is 0 Å². The number of benzene rings is 4. The summed E-state index contributed by atoms with van der Waals surface area (Å²) in [7, 11) is 3.32. The maximum Gasteiger partial charge on any atom is 0.179 e. The number of aryl methyl sites for hydroxylation is 2. The number of fused-ring (bicyclic) bond motifs is 4. The Hall–Kier alpha value is -4.79. The number of methoxy groups -OCH3 is 2. The molecular formula is C34H28Cl2N6O2. The Morgan fingerprint density at radius 3 is 2.32 bits per heavy atom. The van der Waals surface area contributed by atoms with Crippen molar-refractivity contribution in [3.05, 3.63) is 117 Å². The molecule has 0 bridgehead atoms. The molecule has 220 valence electrons. The molecule has 8 nitrogen and oxygen atoms in total. The Kier molecular flexibility index (Phi) is 7.03. The van der Waals surface area contributed by atoms with E-state index in [4.69, 9.17) is 47.8 Å². The molecule has 0 saturated heterocycles. The predicted octanol–water partition coefficient (Wildman–Crippen LogP) is 8.61. The van der Waals surface area contributed by atoms with Crippen LogP contribution in [0.15, 0.2) is 94.9 Å². The first kappa shape index (κ1) is 28.0. The Morgan fingerprint density at radius 1 is 0.795 bits per heavy atom. The number of nitrogens with zero attached hydrogens (tertiary/aromatic N) is 5. The molecule has 0 radical (unpaired) electrons. The van der Waals surface area contributed by atoms with Gasteiger partial charge in [-0.3, -0.25) is 0 Å². The lowest BCUT2D eigenvalue weighted by Gasteiger charge is -2.41. The molecule has 44 heavy (non-hydrogen) atoms. The lowest BCUT2D eigenvalue weighted by atomic mass is 9.92. The molecular weight excluding hydrogens is 595 g/mol. The second-order valence-corrected chi connectivity index (χ2v) is 11.4. The topological polar surface area (TPSA) is 76.3 Å². The highest BCUT2D eigenvalue weighted by Gasteiger charge is 2.42. The average molecular weight is 624 g/mol. The molecule has 1 N–H and O–H groups in total. The normalized spacial score (nSPS) is 15.0. The molecule has 0 saturated carbocycles. The molecule has 4 aromatic carbocycles. The van der Waals surface area contributed by atoms with E-state index in [0.29, 0.717) is 39.0 Å². The van der Waals surface area contributed by atoms with Crippen molar-refractivity contribution >= 4 is 57.8 Å². The third-order valence-electron chi connectivity index (χ3n) is 7.90. The van der Waals surface area contributed by atoms with Gasteiger partial charge in [0.05, 0.1) is 53.1 Å². The van der Waals surface area contributed by atoms with Gasteiger partial charge in [-0.2, -0.15) is 5.10 Å². The van der Waals surface area contributed by atoms with Crippen LogP contribution in [0.1, 0.15) is 28.4 Å². The lowest BCUT2D eigenvalue weighted by Crippen LogP contribution is -2.46. The second-order valence-electron chi connectivity index (χ2n) is 10.5. The first-order valence-electron chi connectivity index (χ1n) is 14.0. The van der Waals surface area contributed by atoms with Crippen LogP contribution in [0.2, 0.25) is 10.0 Å². The molecule has 2 aliphatic rings. The van der Waals surface area contributed by atoms with E-state index in [2.05, 4.69) is 35.3 Å². The van der Waals surface area contributed by atoms with Crippen molar-refractivity contribution in [3.8, 4) is 17.2 Å². The van der Waals surface area contributed by atoms with Crippen molar-refractivity contribution in [2.45, 2.75) is 19.9 Å². The summed E-state index contributed by atoms with van der Waals surface area (Å²) in [4.78, 5) is 12.6. The van der Waals surface area contributed by atoms with E-state index in [1.54, 1.807) is 26.4 Å². The van der Waals surface area contributed by atoms with Crippen LogP contribution in [0.5, 0.6) is 11.5 Å². The van der Waals surface area contributed by atoms with E-state index in [1.807, 2.05) is 66.2 Å². The summed E-state index contributed by atoms with van der Waals surface area (Å²) < 4.78 is 13.4. The number of rotatable bonds is 5. The molecule has 0 amide bonds. The number of hydrogen-bond donors (Lipinski definition) is 1. The zero-order valence-electron chi connectivity index (χ0n) is 24.5. The number of halogens is 2. The van der Waals surface area contributed by atoms with E-state index in [9.17, 15) is 0 Å². The fourth-order valence-corrected chi connectivity index (χ4v) is 6.11. The molecule has 0 aliphatic carbocycles. The van der Waals surface area contributed by atoms with Crippen LogP contribution in [0, 0.1) is 13.8 Å². The Morgan fingerprint density at radius 2 is 1.57 bits per heavy atom. The van der Waals surface area contributed by atoms with Crippen molar-refractivity contribution < 1.29 is 9.47 Å². The van der Waals surface area contributed by atoms with Gasteiger partial charge in [0.1, 0.15) is 11.5 Å². The van der Waals surface area contributed by atoms with Crippen molar-refractivity contribution in [2.75, 3.05) is 24.4 Å². The fraction of sp³-hybridized carbons (Fsp3) is 0.147. The molecule has 1 atom stereocenters. The number of amidine groups is 2. The van der Waals surface area contributed by atoms with Gasteiger partial charge >= 0.3 is 0 Å². The standard InChI is InChI=1S/C34H28Cl2N6O2/c1-19-9-5-7-11-27(19)42-33-30(20(2)40-42)31(23-15-14-22(43-3)18-29(23)44-4)41-28-12-8-6-10-26(28)38-32(34(41)39-33)37-21-13-16-24(35)25(36)17-21/h5-18,31H,1-4H3,(H,37,38). The largest absolute Gasteiger partial charge is 0.497 e. The molecule has 1 aromatic heterocycles. The zero-order chi connectivity index (χ0) is 30.5. The highest BCUT2D eigenvalue weighted by molar-refractivity contribution is 6.52. The molecule has 7 rings (SSSR count). The molecule has 10 heteroatoms. The molecule has 0 fully saturated rings. The van der Waals surface area contributed by atoms with E-state index < -0.39 is 0 Å². The van der Waals surface area contributed by atoms with Gasteiger partial charge in [0.2, 0.25) is 0 Å². The Labute approximate surface area is 265 Å². The minimum absolute atomic E-state index is 0.363. The maximum absolute atomic E-state index is 6.40. The summed E-state index contributed by atoms with van der Waals surface area (Å²) in [6, 6.07) is 27.1. The van der Waals surface area contributed by atoms with Gasteiger partial charge < -0.3 is 19.7 Å². The summed E-state index contributed by atoms with van der Waals surface area (Å²) in [6.45, 7) is 4.09. The predicted molar refractivity (Wildman–Crippen MR) is 178 cm³/mol. The summed E-state index contributed by atoms with van der Waals surface area (Å²) >= 11 is 12.6. The fourth-order valence-electron chi connectivity index (χ4n) is 5.82. The number of aromatic nitrogens is 2. The van der Waals surface area contributed by atoms with Crippen LogP contribution in [-0.4, -0.2) is 35.7 Å². The van der Waals surface area contributed by atoms with Crippen molar-refractivity contribution in [3.63, 3.8) is 0 Å². The number of anilines is 2. The van der Waals surface area contributed by atoms with Crippen LogP contribution in [-0.2, 0) is 0 Å². The van der Waals surface area contributed by atoms with E-state index in [0.717, 1.165) is 45.1 Å². The Bertz CT molecular complexity index is 2000. The maximum atomic E-state index is 6.40. The zero-order valence-corrected chi connectivity index (χ0v) is 26.0. The van der Waals surface area contributed by atoms with Crippen molar-refractivity contribution in [1.29, 1.82) is 0 Å². The van der Waals surface area contributed by atoms with Gasteiger partial charge in [0.25, 0.3) is 0 Å². The number of hydrogen-bond acceptors (Lipinski definition) is 7. The Balaban J connectivity index is 1.52. The van der Waals surface area contributed by atoms with Crippen molar-refractivity contribution in [1.82, 2.24) is 9.78 Å². The van der Waals surface area contributed by atoms with Gasteiger partial charge in [-0.05, 0) is 67.9 Å². The quantitative estimate of drug-likeness (QED) is 0.212. The first-order chi connectivity index (χ1) is 21.4. The third-order valence-corrected chi connectivity index (χ3v) is 8.64. The number of para-hydroxylation sites is 3. The van der Waals surface area contributed by atoms with Crippen LogP contribution in [0.25, 0.3) is 5.69 Å². The molecule has 2 aliphatic heterocycles. The summed E-state index contributed by atoms with van der Waals surface area (Å²) in [5.41, 5.74) is 7.20. The number of nitrogens with one attached hydrogen (secondary N) is 1. The number of aliphatic imine (C=N–C) groups is 2. The van der Waals surface area contributed by atoms with Gasteiger partial charge in [0, 0.05) is 22.9 Å². The summed E-state index contributed by atoms with van der Waals surface area (Å²) in [5, 5.41) is 9.44. The van der Waals surface area contributed by atoms with E-state index >= 15 is 0 Å². The highest BCUT2D eigenvalue weighted by Crippen LogP contribution is 2.50. The van der Waals surface area contributed by atoms with Crippen LogP contribution < -0.4 is 19.7 Å². The monoisotopic (exact) mass is 622 g/mol. The molecule has 1 unspecified atom stereocenters. The SMILES string of the molecule is COc1ccc(C2c3c(C)nn(-c4ccccc4C)c3N=C3C(Nc4ccc(Cl)c(Cl)c4)=Nc4ccccc4N32)c(OC)c1. The lowest BCUT2D eigenvalue weighted by molar-refractivity contribution is 0.390. The van der Waals surface area contributed by atoms with E-state index in [1.165, 1.54) is 0 Å². The van der Waals surface area contributed by atoms with Gasteiger partial charge in [0.15, 0.2) is 17.5 Å². The third kappa shape index (κ3) is 4.58. The van der Waals surface area contributed by atoms with Crippen molar-refractivity contribution in [2.24, 2.45) is 9.98 Å². The van der Waals surface area contributed by atoms with Gasteiger partial charge in [-0.15, -0.1) is 0 Å². The van der Waals surface area contributed by atoms with Gasteiger partial charge in [-0.1, -0.05) is 53.5 Å². The van der Waals surface area contributed by atoms with E-state index in [-0.39, 0.29) is 6.04 Å². The average Bonchev–Trinajstić information content (AvgIpc) is 3.37. The number of ether oxygens (including phenoxy) is 2. The summed E-state index contributed by atoms with van der Waals surface area (Å²) in [5.74, 6) is 3.28. The molecule has 3 heterocycles. The first-order valence-corrected chi connectivity index (χ1v) is 14.8. The minimum Gasteiger partial charge on any atom is -0.497 e.